The number of amides is 3. The number of carbonyl (C=O) groups excluding carboxylic acids is 2. The van der Waals surface area contributed by atoms with Crippen molar-refractivity contribution >= 4 is 11.9 Å². The van der Waals surface area contributed by atoms with Gasteiger partial charge in [-0.15, -0.1) is 0 Å². The molecule has 7 nitrogen and oxygen atoms in total. The summed E-state index contributed by atoms with van der Waals surface area (Å²) in [5.41, 5.74) is 2.63. The van der Waals surface area contributed by atoms with Crippen LogP contribution >= 0.6 is 0 Å². The Kier molecular flexibility index (Phi) is 6.67. The Morgan fingerprint density at radius 3 is 2.59 bits per heavy atom. The lowest BCUT2D eigenvalue weighted by Gasteiger charge is -2.34. The molecule has 2 aliphatic heterocycles. The second kappa shape index (κ2) is 9.59. The van der Waals surface area contributed by atoms with Crippen molar-refractivity contribution in [3.8, 4) is 5.75 Å². The Bertz CT molecular complexity index is 725. The minimum Gasteiger partial charge on any atom is -0.493 e. The Morgan fingerprint density at radius 2 is 1.79 bits per heavy atom. The number of rotatable bonds is 5. The van der Waals surface area contributed by atoms with Gasteiger partial charge in [-0.3, -0.25) is 19.9 Å². The van der Waals surface area contributed by atoms with Crippen LogP contribution < -0.4 is 15.4 Å². The molecule has 0 atom stereocenters. The number of hydrogen-bond donors (Lipinski definition) is 2. The van der Waals surface area contributed by atoms with Crippen molar-refractivity contribution < 1.29 is 14.3 Å². The molecule has 2 N–H and O–H groups in total. The number of carbonyl (C=O) groups is 2. The third-order valence-electron chi connectivity index (χ3n) is 6.19. The number of fused-ring (bicyclic) bond motifs is 1. The number of nitrogens with zero attached hydrogens (tertiary/aromatic N) is 2. The van der Waals surface area contributed by atoms with Crippen LogP contribution in [0.15, 0.2) is 18.2 Å². The molecular weight excluding hydrogens is 368 g/mol. The number of hydrogen-bond acceptors (Lipinski definition) is 5. The van der Waals surface area contributed by atoms with Crippen molar-refractivity contribution in [2.45, 2.75) is 51.1 Å². The molecule has 3 amide bonds. The summed E-state index contributed by atoms with van der Waals surface area (Å²) in [6.07, 6.45) is 6.58. The van der Waals surface area contributed by atoms with Crippen molar-refractivity contribution in [1.29, 1.82) is 0 Å². The number of urea groups is 1. The topological polar surface area (TPSA) is 73.9 Å². The van der Waals surface area contributed by atoms with Crippen LogP contribution in [0.1, 0.15) is 43.2 Å². The summed E-state index contributed by atoms with van der Waals surface area (Å²) in [6, 6.07) is 6.35. The van der Waals surface area contributed by atoms with E-state index in [4.69, 9.17) is 4.74 Å². The highest BCUT2D eigenvalue weighted by Crippen LogP contribution is 2.26. The van der Waals surface area contributed by atoms with Crippen molar-refractivity contribution in [3.63, 3.8) is 0 Å². The molecule has 0 bridgehead atoms. The van der Waals surface area contributed by atoms with E-state index in [0.29, 0.717) is 0 Å². The van der Waals surface area contributed by atoms with Gasteiger partial charge in [-0.25, -0.2) is 4.79 Å². The van der Waals surface area contributed by atoms with Gasteiger partial charge in [0.2, 0.25) is 5.91 Å². The SMILES string of the molecule is O=C(CN1CCN(Cc2ccc3c(c2)CCO3)CC1)NC(=O)NC1CCCCC1. The Balaban J connectivity index is 1.16. The van der Waals surface area contributed by atoms with E-state index in [1.165, 1.54) is 17.5 Å². The molecule has 158 valence electrons. The molecule has 4 rings (SSSR count). The summed E-state index contributed by atoms with van der Waals surface area (Å²) < 4.78 is 5.58. The zero-order chi connectivity index (χ0) is 20.1. The zero-order valence-electron chi connectivity index (χ0n) is 17.1. The fraction of sp³-hybridized carbons (Fsp3) is 0.636. The van der Waals surface area contributed by atoms with Gasteiger partial charge in [0, 0.05) is 45.2 Å². The number of piperazine rings is 1. The Labute approximate surface area is 172 Å². The summed E-state index contributed by atoms with van der Waals surface area (Å²) >= 11 is 0. The Morgan fingerprint density at radius 1 is 1.03 bits per heavy atom. The highest BCUT2D eigenvalue weighted by Gasteiger charge is 2.22. The first-order valence-corrected chi connectivity index (χ1v) is 11.0. The average molecular weight is 401 g/mol. The van der Waals surface area contributed by atoms with Crippen LogP contribution in [0, 0.1) is 0 Å². The number of benzene rings is 1. The predicted octanol–water partition coefficient (Wildman–Crippen LogP) is 1.90. The van der Waals surface area contributed by atoms with Crippen molar-refractivity contribution in [2.24, 2.45) is 0 Å². The minimum absolute atomic E-state index is 0.214. The number of nitrogens with one attached hydrogen (secondary N) is 2. The molecule has 0 radical (unpaired) electrons. The molecule has 1 saturated carbocycles. The first-order chi connectivity index (χ1) is 14.2. The third-order valence-corrected chi connectivity index (χ3v) is 6.19. The van der Waals surface area contributed by atoms with Gasteiger partial charge in [0.25, 0.3) is 0 Å². The van der Waals surface area contributed by atoms with Gasteiger partial charge in [0.05, 0.1) is 13.2 Å². The summed E-state index contributed by atoms with van der Waals surface area (Å²) in [4.78, 5) is 28.8. The highest BCUT2D eigenvalue weighted by atomic mass is 16.5. The second-order valence-corrected chi connectivity index (χ2v) is 8.45. The maximum Gasteiger partial charge on any atom is 0.321 e. The van der Waals surface area contributed by atoms with Crippen LogP contribution in [-0.4, -0.2) is 67.1 Å². The van der Waals surface area contributed by atoms with Gasteiger partial charge in [0.1, 0.15) is 5.75 Å². The summed E-state index contributed by atoms with van der Waals surface area (Å²) in [5, 5.41) is 5.43. The van der Waals surface area contributed by atoms with Crippen molar-refractivity contribution in [1.82, 2.24) is 20.4 Å². The Hall–Kier alpha value is -2.12. The first kappa shape index (κ1) is 20.2. The smallest absolute Gasteiger partial charge is 0.321 e. The van der Waals surface area contributed by atoms with E-state index in [2.05, 4.69) is 38.6 Å². The van der Waals surface area contributed by atoms with Gasteiger partial charge in [0.15, 0.2) is 0 Å². The maximum atomic E-state index is 12.2. The van der Waals surface area contributed by atoms with Crippen LogP contribution in [0.4, 0.5) is 4.79 Å². The van der Waals surface area contributed by atoms with Gasteiger partial charge in [-0.1, -0.05) is 31.4 Å². The van der Waals surface area contributed by atoms with Crippen LogP contribution in [0.3, 0.4) is 0 Å². The molecule has 0 unspecified atom stereocenters. The third kappa shape index (κ3) is 5.70. The highest BCUT2D eigenvalue weighted by molar-refractivity contribution is 5.95. The molecular formula is C22H32N4O3. The molecule has 3 aliphatic rings. The molecule has 2 heterocycles. The van der Waals surface area contributed by atoms with E-state index in [0.717, 1.165) is 77.2 Å². The van der Waals surface area contributed by atoms with E-state index in [-0.39, 0.29) is 24.5 Å². The normalized spacial score (nSPS) is 20.7. The molecule has 29 heavy (non-hydrogen) atoms. The molecule has 7 heteroatoms. The van der Waals surface area contributed by atoms with Crippen LogP contribution in [0.2, 0.25) is 0 Å². The molecule has 1 aliphatic carbocycles. The molecule has 1 aromatic carbocycles. The lowest BCUT2D eigenvalue weighted by Crippen LogP contribution is -2.51. The van der Waals surface area contributed by atoms with Gasteiger partial charge < -0.3 is 10.1 Å². The van der Waals surface area contributed by atoms with E-state index >= 15 is 0 Å². The average Bonchev–Trinajstić information content (AvgIpc) is 3.18. The van der Waals surface area contributed by atoms with E-state index < -0.39 is 0 Å². The summed E-state index contributed by atoms with van der Waals surface area (Å²) in [5.74, 6) is 0.808. The largest absolute Gasteiger partial charge is 0.493 e. The zero-order valence-corrected chi connectivity index (χ0v) is 17.1. The quantitative estimate of drug-likeness (QED) is 0.790. The fourth-order valence-corrected chi connectivity index (χ4v) is 4.54. The minimum atomic E-state index is -0.346. The van der Waals surface area contributed by atoms with Gasteiger partial charge >= 0.3 is 6.03 Å². The lowest BCUT2D eigenvalue weighted by molar-refractivity contribution is -0.121. The molecule has 0 spiro atoms. The van der Waals surface area contributed by atoms with E-state index in [1.807, 2.05) is 0 Å². The van der Waals surface area contributed by atoms with E-state index in [9.17, 15) is 9.59 Å². The van der Waals surface area contributed by atoms with Crippen molar-refractivity contribution in [3.05, 3.63) is 29.3 Å². The predicted molar refractivity (Wildman–Crippen MR) is 111 cm³/mol. The van der Waals surface area contributed by atoms with Gasteiger partial charge in [-0.05, 0) is 30.0 Å². The first-order valence-electron chi connectivity index (χ1n) is 11.0. The van der Waals surface area contributed by atoms with Gasteiger partial charge in [-0.2, -0.15) is 0 Å². The lowest BCUT2D eigenvalue weighted by atomic mass is 9.96. The number of ether oxygens (including phenoxy) is 1. The van der Waals surface area contributed by atoms with Crippen LogP contribution in [0.5, 0.6) is 5.75 Å². The fourth-order valence-electron chi connectivity index (χ4n) is 4.54. The standard InChI is InChI=1S/C22H32N4O3/c27-21(24-22(28)23-19-4-2-1-3-5-19)16-26-11-9-25(10-12-26)15-17-6-7-20-18(14-17)8-13-29-20/h6-7,14,19H,1-5,8-13,15-16H2,(H2,23,24,27,28). The summed E-state index contributed by atoms with van der Waals surface area (Å²) in [6.45, 7) is 5.53. The second-order valence-electron chi connectivity index (χ2n) is 8.45. The van der Waals surface area contributed by atoms with Crippen LogP contribution in [0.25, 0.3) is 0 Å². The van der Waals surface area contributed by atoms with Crippen molar-refractivity contribution in [2.75, 3.05) is 39.3 Å². The van der Waals surface area contributed by atoms with E-state index in [1.54, 1.807) is 0 Å². The van der Waals surface area contributed by atoms with Crippen LogP contribution in [-0.2, 0) is 17.8 Å². The molecule has 1 saturated heterocycles. The number of imide groups is 1. The maximum absolute atomic E-state index is 12.2. The molecule has 1 aromatic rings. The molecule has 0 aromatic heterocycles. The monoisotopic (exact) mass is 400 g/mol. The summed E-state index contributed by atoms with van der Waals surface area (Å²) in [7, 11) is 0. The molecule has 2 fully saturated rings.